The van der Waals surface area contributed by atoms with Gasteiger partial charge >= 0.3 is 0 Å². The Hall–Kier alpha value is -3.71. The number of hydrogen-bond acceptors (Lipinski definition) is 5. The number of allylic oxidation sites excluding steroid dienone is 5. The molecule has 2 amide bonds. The molecule has 0 unspecified atom stereocenters. The third-order valence-electron chi connectivity index (χ3n) is 8.77. The van der Waals surface area contributed by atoms with Crippen LogP contribution < -0.4 is 9.80 Å². The number of anilines is 2. The van der Waals surface area contributed by atoms with E-state index in [0.29, 0.717) is 18.7 Å². The third-order valence-corrected chi connectivity index (χ3v) is 9.21. The van der Waals surface area contributed by atoms with Crippen molar-refractivity contribution in [3.05, 3.63) is 94.4 Å². The van der Waals surface area contributed by atoms with E-state index < -0.39 is 0 Å². The van der Waals surface area contributed by atoms with Crippen LogP contribution in [0.25, 0.3) is 0 Å². The fourth-order valence-electron chi connectivity index (χ4n) is 6.48. The second-order valence-electron chi connectivity index (χ2n) is 11.7. The molecule has 2 aromatic rings. The number of amides is 2. The zero-order chi connectivity index (χ0) is 29.1. The Balaban J connectivity index is 1.80. The molecule has 0 radical (unpaired) electrons. The summed E-state index contributed by atoms with van der Waals surface area (Å²) in [6, 6.07) is 16.7. The largest absolute Gasteiger partial charge is 0.347 e. The van der Waals surface area contributed by atoms with Gasteiger partial charge in [0.25, 0.3) is 11.8 Å². The maximum Gasteiger partial charge on any atom is 0.266 e. The summed E-state index contributed by atoms with van der Waals surface area (Å²) in [6.45, 7) is 13.3. The number of carbonyl (C=O) groups is 2. The molecule has 1 fully saturated rings. The molecule has 40 heavy (non-hydrogen) atoms. The maximum absolute atomic E-state index is 14.0. The molecule has 5 rings (SSSR count). The fraction of sp³-hybridized carbons (Fsp3) is 0.364. The van der Waals surface area contributed by atoms with Gasteiger partial charge < -0.3 is 9.80 Å². The normalized spacial score (nSPS) is 21.6. The lowest BCUT2D eigenvalue weighted by molar-refractivity contribution is -0.133. The number of fused-ring (bicyclic) bond motifs is 2. The van der Waals surface area contributed by atoms with E-state index in [1.807, 2.05) is 52.2 Å². The van der Waals surface area contributed by atoms with Gasteiger partial charge in [0.2, 0.25) is 0 Å². The molecule has 0 saturated carbocycles. The summed E-state index contributed by atoms with van der Waals surface area (Å²) in [6.07, 6.45) is 4.09. The smallest absolute Gasteiger partial charge is 0.266 e. The van der Waals surface area contributed by atoms with Gasteiger partial charge in [-0.25, -0.2) is 0 Å². The molecular formula is C33H38N4O2S. The van der Waals surface area contributed by atoms with Crippen molar-refractivity contribution in [1.29, 1.82) is 0 Å². The number of likely N-dealkylation sites (N-methyl/N-ethyl adjacent to an activating group) is 4. The van der Waals surface area contributed by atoms with Crippen LogP contribution in [0, 0.1) is 0 Å². The number of hydrogen-bond donors (Lipinski definition) is 0. The van der Waals surface area contributed by atoms with E-state index in [4.69, 9.17) is 12.2 Å². The van der Waals surface area contributed by atoms with Crippen molar-refractivity contribution in [3.8, 4) is 0 Å². The molecular weight excluding hydrogens is 516 g/mol. The van der Waals surface area contributed by atoms with Gasteiger partial charge in [-0.05, 0) is 67.1 Å². The van der Waals surface area contributed by atoms with Crippen molar-refractivity contribution in [2.24, 2.45) is 0 Å². The van der Waals surface area contributed by atoms with Crippen LogP contribution in [0.5, 0.6) is 0 Å². The van der Waals surface area contributed by atoms with E-state index in [1.54, 1.807) is 0 Å². The minimum absolute atomic E-state index is 0.151. The number of thiocarbonyl (C=S) groups is 1. The van der Waals surface area contributed by atoms with Gasteiger partial charge in [0.15, 0.2) is 5.11 Å². The van der Waals surface area contributed by atoms with Gasteiger partial charge in [-0.2, -0.15) is 0 Å². The maximum atomic E-state index is 14.0. The zero-order valence-corrected chi connectivity index (χ0v) is 25.5. The first-order chi connectivity index (χ1) is 18.9. The van der Waals surface area contributed by atoms with Gasteiger partial charge in [0.05, 0.1) is 0 Å². The Morgan fingerprint density at radius 1 is 0.725 bits per heavy atom. The lowest BCUT2D eigenvalue weighted by Gasteiger charge is -2.36. The van der Waals surface area contributed by atoms with E-state index in [9.17, 15) is 9.59 Å². The molecule has 0 aliphatic carbocycles. The summed E-state index contributed by atoms with van der Waals surface area (Å²) in [4.78, 5) is 35.4. The van der Waals surface area contributed by atoms with Crippen molar-refractivity contribution in [1.82, 2.24) is 9.80 Å². The second-order valence-corrected chi connectivity index (χ2v) is 12.0. The first-order valence-electron chi connectivity index (χ1n) is 13.9. The summed E-state index contributed by atoms with van der Waals surface area (Å²) in [7, 11) is 4.10. The number of carbonyl (C=O) groups excluding carboxylic acids is 2. The van der Waals surface area contributed by atoms with Gasteiger partial charge in [-0.1, -0.05) is 64.1 Å². The number of nitrogens with zero attached hydrogens (tertiary/aromatic N) is 4. The predicted octanol–water partition coefficient (Wildman–Crippen LogP) is 5.90. The van der Waals surface area contributed by atoms with Crippen LogP contribution >= 0.6 is 12.2 Å². The molecule has 0 bridgehead atoms. The lowest BCUT2D eigenvalue weighted by Crippen LogP contribution is -2.56. The van der Waals surface area contributed by atoms with Crippen LogP contribution in [0.3, 0.4) is 0 Å². The summed E-state index contributed by atoms with van der Waals surface area (Å²) >= 11 is 5.57. The summed E-state index contributed by atoms with van der Waals surface area (Å²) in [5.41, 5.74) is 6.77. The molecule has 0 atom stereocenters. The number of benzene rings is 2. The first kappa shape index (κ1) is 27.8. The van der Waals surface area contributed by atoms with Crippen LogP contribution in [0.1, 0.15) is 52.7 Å². The Morgan fingerprint density at radius 2 is 1.10 bits per heavy atom. The molecule has 7 heteroatoms. The van der Waals surface area contributed by atoms with E-state index in [0.717, 1.165) is 22.8 Å². The average molecular weight is 555 g/mol. The SMILES string of the molecule is CCN1C(=O)C(=C(C=C2N(C)c3ccccc3C2(C)C)C=C2N(C)c3ccccc3C2(C)C)C(=O)N(CC)C1=S. The molecule has 0 aromatic heterocycles. The average Bonchev–Trinajstić information content (AvgIpc) is 3.23. The first-order valence-corrected chi connectivity index (χ1v) is 14.3. The standard InChI is InChI=1S/C33H38N4O2S/c1-9-36-29(38)28(30(39)37(10-2)31(36)40)21(19-26-32(3,4)22-15-11-13-17-24(22)34(26)7)20-27-33(5,6)23-16-12-14-18-25(23)35(27)8/h11-20H,9-10H2,1-8H3. The Kier molecular flexibility index (Phi) is 6.78. The summed E-state index contributed by atoms with van der Waals surface area (Å²) in [5.74, 6) is -0.698. The minimum atomic E-state index is -0.349. The van der Waals surface area contributed by atoms with Crippen molar-refractivity contribution >= 4 is 40.5 Å². The monoisotopic (exact) mass is 554 g/mol. The van der Waals surface area contributed by atoms with Gasteiger partial charge in [0, 0.05) is 60.8 Å². The highest BCUT2D eigenvalue weighted by molar-refractivity contribution is 7.80. The number of rotatable bonds is 4. The molecule has 0 spiro atoms. The second kappa shape index (κ2) is 9.73. The molecule has 6 nitrogen and oxygen atoms in total. The van der Waals surface area contributed by atoms with Crippen molar-refractivity contribution in [2.75, 3.05) is 37.0 Å². The molecule has 1 saturated heterocycles. The van der Waals surface area contributed by atoms with Crippen LogP contribution in [0.15, 0.2) is 83.2 Å². The van der Waals surface area contributed by atoms with Crippen molar-refractivity contribution in [3.63, 3.8) is 0 Å². The molecule has 3 aliphatic heterocycles. The van der Waals surface area contributed by atoms with E-state index >= 15 is 0 Å². The summed E-state index contributed by atoms with van der Waals surface area (Å²) < 4.78 is 0. The highest BCUT2D eigenvalue weighted by Crippen LogP contribution is 2.49. The van der Waals surface area contributed by atoms with Gasteiger partial charge in [0.1, 0.15) is 5.57 Å². The topological polar surface area (TPSA) is 47.1 Å². The van der Waals surface area contributed by atoms with Crippen molar-refractivity contribution in [2.45, 2.75) is 52.4 Å². The number of para-hydroxylation sites is 2. The van der Waals surface area contributed by atoms with Gasteiger partial charge in [-0.3, -0.25) is 19.4 Å². The minimum Gasteiger partial charge on any atom is -0.347 e. The van der Waals surface area contributed by atoms with E-state index in [2.05, 4.69) is 73.9 Å². The molecule has 3 aliphatic rings. The zero-order valence-electron chi connectivity index (χ0n) is 24.7. The van der Waals surface area contributed by atoms with Gasteiger partial charge in [-0.15, -0.1) is 0 Å². The Labute approximate surface area is 243 Å². The summed E-state index contributed by atoms with van der Waals surface area (Å²) in [5, 5.41) is 0.264. The van der Waals surface area contributed by atoms with Crippen molar-refractivity contribution < 1.29 is 9.59 Å². The molecule has 208 valence electrons. The highest BCUT2D eigenvalue weighted by Gasteiger charge is 2.43. The predicted molar refractivity (Wildman–Crippen MR) is 166 cm³/mol. The van der Waals surface area contributed by atoms with Crippen LogP contribution in [0.4, 0.5) is 11.4 Å². The van der Waals surface area contributed by atoms with Crippen LogP contribution in [-0.4, -0.2) is 53.9 Å². The Bertz CT molecular complexity index is 1420. The quantitative estimate of drug-likeness (QED) is 0.268. The third kappa shape index (κ3) is 3.93. The lowest BCUT2D eigenvalue weighted by atomic mass is 9.81. The molecule has 3 heterocycles. The Morgan fingerprint density at radius 3 is 1.45 bits per heavy atom. The molecule has 0 N–H and O–H groups in total. The van der Waals surface area contributed by atoms with Crippen LogP contribution in [0.2, 0.25) is 0 Å². The van der Waals surface area contributed by atoms with E-state index in [-0.39, 0.29) is 33.3 Å². The van der Waals surface area contributed by atoms with E-state index in [1.165, 1.54) is 20.9 Å². The van der Waals surface area contributed by atoms with Crippen LogP contribution in [-0.2, 0) is 20.4 Å². The fourth-order valence-corrected chi connectivity index (χ4v) is 6.91. The highest BCUT2D eigenvalue weighted by atomic mass is 32.1. The molecule has 2 aromatic carbocycles.